The lowest BCUT2D eigenvalue weighted by Gasteiger charge is -2.21. The third-order valence-electron chi connectivity index (χ3n) is 4.96. The standard InChI is InChI=1S/C21H23ClN4O2S/c1-3-23-21-25-13(2)18(29-21)20(27)26-9-5-8-17(26)19-24-12-16(28-19)11-14-6-4-7-15(22)10-14/h4,6-7,10,12,17H,3,5,8-9,11H2,1-2H3,(H,23,25)/t17-/m0/s1. The first-order valence-corrected chi connectivity index (χ1v) is 11.0. The van der Waals surface area contributed by atoms with Crippen LogP contribution in [0.15, 0.2) is 34.9 Å². The first kappa shape index (κ1) is 19.9. The van der Waals surface area contributed by atoms with Crippen molar-refractivity contribution in [3.8, 4) is 0 Å². The van der Waals surface area contributed by atoms with Gasteiger partial charge in [-0.2, -0.15) is 0 Å². The second-order valence-electron chi connectivity index (χ2n) is 7.09. The van der Waals surface area contributed by atoms with Gasteiger partial charge in [0.05, 0.1) is 11.9 Å². The van der Waals surface area contributed by atoms with Gasteiger partial charge in [-0.15, -0.1) is 0 Å². The number of oxazole rings is 1. The molecular formula is C21H23ClN4O2S. The molecule has 1 aliphatic heterocycles. The number of rotatable bonds is 6. The molecule has 1 aromatic carbocycles. The van der Waals surface area contributed by atoms with Crippen molar-refractivity contribution in [2.45, 2.75) is 39.2 Å². The van der Waals surface area contributed by atoms with Crippen molar-refractivity contribution >= 4 is 34.0 Å². The molecule has 2 aromatic heterocycles. The van der Waals surface area contributed by atoms with E-state index in [1.54, 1.807) is 6.20 Å². The van der Waals surface area contributed by atoms with Crippen LogP contribution in [0.3, 0.4) is 0 Å². The monoisotopic (exact) mass is 430 g/mol. The minimum atomic E-state index is -0.139. The van der Waals surface area contributed by atoms with E-state index in [9.17, 15) is 4.79 Å². The number of carbonyl (C=O) groups is 1. The van der Waals surface area contributed by atoms with Crippen LogP contribution in [0.4, 0.5) is 5.13 Å². The Morgan fingerprint density at radius 3 is 3.10 bits per heavy atom. The molecule has 0 unspecified atom stereocenters. The van der Waals surface area contributed by atoms with Crippen LogP contribution in [0.5, 0.6) is 0 Å². The fraction of sp³-hybridized carbons (Fsp3) is 0.381. The number of hydrogen-bond acceptors (Lipinski definition) is 6. The van der Waals surface area contributed by atoms with E-state index in [1.165, 1.54) is 11.3 Å². The molecule has 1 aliphatic rings. The Labute approximate surface area is 178 Å². The highest BCUT2D eigenvalue weighted by Gasteiger charge is 2.35. The highest BCUT2D eigenvalue weighted by molar-refractivity contribution is 7.17. The molecule has 6 nitrogen and oxygen atoms in total. The molecule has 152 valence electrons. The number of benzene rings is 1. The van der Waals surface area contributed by atoms with Gasteiger partial charge in [-0.1, -0.05) is 35.1 Å². The van der Waals surface area contributed by atoms with Gasteiger partial charge < -0.3 is 14.6 Å². The average molecular weight is 431 g/mol. The zero-order chi connectivity index (χ0) is 20.4. The van der Waals surface area contributed by atoms with Crippen molar-refractivity contribution in [1.82, 2.24) is 14.9 Å². The van der Waals surface area contributed by atoms with Crippen molar-refractivity contribution in [3.05, 3.63) is 63.3 Å². The SMILES string of the molecule is CCNc1nc(C)c(C(=O)N2CCC[C@H]2c2ncc(Cc3cccc(Cl)c3)o2)s1. The molecule has 29 heavy (non-hydrogen) atoms. The molecule has 1 saturated heterocycles. The van der Waals surface area contributed by atoms with Gasteiger partial charge in [0.2, 0.25) is 5.89 Å². The van der Waals surface area contributed by atoms with Crippen LogP contribution < -0.4 is 5.32 Å². The number of nitrogens with one attached hydrogen (secondary N) is 1. The number of nitrogens with zero attached hydrogens (tertiary/aromatic N) is 3. The molecule has 1 atom stereocenters. The van der Waals surface area contributed by atoms with Crippen LogP contribution in [-0.2, 0) is 6.42 Å². The molecular weight excluding hydrogens is 408 g/mol. The summed E-state index contributed by atoms with van der Waals surface area (Å²) in [6.45, 7) is 5.37. The minimum Gasteiger partial charge on any atom is -0.443 e. The van der Waals surface area contributed by atoms with E-state index in [2.05, 4.69) is 15.3 Å². The van der Waals surface area contributed by atoms with Crippen molar-refractivity contribution in [2.75, 3.05) is 18.4 Å². The molecule has 0 bridgehead atoms. The van der Waals surface area contributed by atoms with Crippen molar-refractivity contribution in [2.24, 2.45) is 0 Å². The predicted molar refractivity (Wildman–Crippen MR) is 115 cm³/mol. The van der Waals surface area contributed by atoms with Crippen molar-refractivity contribution < 1.29 is 9.21 Å². The molecule has 1 N–H and O–H groups in total. The van der Waals surface area contributed by atoms with Crippen LogP contribution in [0, 0.1) is 6.92 Å². The first-order chi connectivity index (χ1) is 14.0. The summed E-state index contributed by atoms with van der Waals surface area (Å²) in [7, 11) is 0. The Kier molecular flexibility index (Phi) is 5.87. The molecule has 0 saturated carbocycles. The van der Waals surface area contributed by atoms with Crippen LogP contribution in [0.25, 0.3) is 0 Å². The van der Waals surface area contributed by atoms with Gasteiger partial charge in [-0.25, -0.2) is 9.97 Å². The van der Waals surface area contributed by atoms with E-state index in [0.717, 1.165) is 41.5 Å². The topological polar surface area (TPSA) is 71.3 Å². The van der Waals surface area contributed by atoms with E-state index in [1.807, 2.05) is 43.0 Å². The lowest BCUT2D eigenvalue weighted by Crippen LogP contribution is -2.30. The zero-order valence-corrected chi connectivity index (χ0v) is 18.0. The molecule has 0 radical (unpaired) electrons. The Balaban J connectivity index is 1.51. The second kappa shape index (κ2) is 8.55. The van der Waals surface area contributed by atoms with Crippen molar-refractivity contribution in [3.63, 3.8) is 0 Å². The van der Waals surface area contributed by atoms with Gasteiger partial charge in [0.25, 0.3) is 5.91 Å². The summed E-state index contributed by atoms with van der Waals surface area (Å²) in [6, 6.07) is 7.56. The maximum Gasteiger partial charge on any atom is 0.266 e. The number of halogens is 1. The maximum absolute atomic E-state index is 13.2. The summed E-state index contributed by atoms with van der Waals surface area (Å²) in [4.78, 5) is 24.7. The fourth-order valence-electron chi connectivity index (χ4n) is 3.63. The third-order valence-corrected chi connectivity index (χ3v) is 6.29. The number of likely N-dealkylation sites (tertiary alicyclic amines) is 1. The van der Waals surface area contributed by atoms with Gasteiger partial charge in [-0.05, 0) is 44.4 Å². The zero-order valence-electron chi connectivity index (χ0n) is 16.4. The number of hydrogen-bond donors (Lipinski definition) is 1. The smallest absolute Gasteiger partial charge is 0.266 e. The summed E-state index contributed by atoms with van der Waals surface area (Å²) >= 11 is 7.47. The van der Waals surface area contributed by atoms with Crippen molar-refractivity contribution in [1.29, 1.82) is 0 Å². The predicted octanol–water partition coefficient (Wildman–Crippen LogP) is 5.09. The molecule has 8 heteroatoms. The van der Waals surface area contributed by atoms with E-state index in [0.29, 0.717) is 28.8 Å². The molecule has 4 rings (SSSR count). The van der Waals surface area contributed by atoms with Gasteiger partial charge in [0.1, 0.15) is 16.7 Å². The number of amides is 1. The Morgan fingerprint density at radius 1 is 1.45 bits per heavy atom. The summed E-state index contributed by atoms with van der Waals surface area (Å²) < 4.78 is 6.03. The molecule has 3 heterocycles. The number of thiazole rings is 1. The van der Waals surface area contributed by atoms with Gasteiger partial charge in [0, 0.05) is 24.5 Å². The summed E-state index contributed by atoms with van der Waals surface area (Å²) in [5, 5.41) is 4.67. The van der Waals surface area contributed by atoms with E-state index in [4.69, 9.17) is 16.0 Å². The van der Waals surface area contributed by atoms with Gasteiger partial charge in [0.15, 0.2) is 5.13 Å². The van der Waals surface area contributed by atoms with E-state index in [-0.39, 0.29) is 11.9 Å². The Morgan fingerprint density at radius 2 is 2.31 bits per heavy atom. The third kappa shape index (κ3) is 4.31. The fourth-order valence-corrected chi connectivity index (χ4v) is 4.83. The minimum absolute atomic E-state index is 0.00115. The summed E-state index contributed by atoms with van der Waals surface area (Å²) in [5.41, 5.74) is 1.83. The van der Waals surface area contributed by atoms with E-state index < -0.39 is 0 Å². The second-order valence-corrected chi connectivity index (χ2v) is 8.53. The number of aromatic nitrogens is 2. The quantitative estimate of drug-likeness (QED) is 0.589. The largest absolute Gasteiger partial charge is 0.443 e. The highest BCUT2D eigenvalue weighted by atomic mass is 35.5. The lowest BCUT2D eigenvalue weighted by molar-refractivity contribution is 0.0718. The Hall–Kier alpha value is -2.38. The van der Waals surface area contributed by atoms with Crippen LogP contribution >= 0.6 is 22.9 Å². The first-order valence-electron chi connectivity index (χ1n) is 9.76. The van der Waals surface area contributed by atoms with E-state index >= 15 is 0 Å². The maximum atomic E-state index is 13.2. The molecule has 0 aliphatic carbocycles. The van der Waals surface area contributed by atoms with Gasteiger partial charge in [-0.3, -0.25) is 4.79 Å². The van der Waals surface area contributed by atoms with Crippen LogP contribution in [-0.4, -0.2) is 33.9 Å². The van der Waals surface area contributed by atoms with Gasteiger partial charge >= 0.3 is 0 Å². The Bertz CT molecular complexity index is 1020. The van der Waals surface area contributed by atoms with Crippen LogP contribution in [0.1, 0.15) is 58.4 Å². The average Bonchev–Trinajstić information content (AvgIpc) is 3.41. The summed E-state index contributed by atoms with van der Waals surface area (Å²) in [5.74, 6) is 1.37. The van der Waals surface area contributed by atoms with Crippen LogP contribution in [0.2, 0.25) is 5.02 Å². The molecule has 1 fully saturated rings. The highest BCUT2D eigenvalue weighted by Crippen LogP contribution is 2.35. The normalized spacial score (nSPS) is 16.4. The number of anilines is 1. The lowest BCUT2D eigenvalue weighted by atomic mass is 10.1. The number of aryl methyl sites for hydroxylation is 1. The number of carbonyl (C=O) groups excluding carboxylic acids is 1. The molecule has 0 spiro atoms. The molecule has 1 amide bonds. The molecule has 3 aromatic rings. The summed E-state index contributed by atoms with van der Waals surface area (Å²) in [6.07, 6.45) is 4.15.